The molecule has 0 aromatic heterocycles. The molecule has 44 heavy (non-hydrogen) atoms. The van der Waals surface area contributed by atoms with Crippen molar-refractivity contribution in [2.75, 3.05) is 32.3 Å². The summed E-state index contributed by atoms with van der Waals surface area (Å²) >= 11 is 0. The van der Waals surface area contributed by atoms with Crippen LogP contribution in [0.25, 0.3) is 0 Å². The number of methoxy groups -OCH3 is 2. The second-order valence-corrected chi connectivity index (χ2v) is 9.85. The smallest absolute Gasteiger partial charge is 0.343 e. The number of carbonyl (C=O) groups excluding carboxylic acids is 4. The van der Waals surface area contributed by atoms with Crippen molar-refractivity contribution >= 4 is 29.3 Å². The molecule has 0 spiro atoms. The Bertz CT molecular complexity index is 1650. The predicted molar refractivity (Wildman–Crippen MR) is 160 cm³/mol. The van der Waals surface area contributed by atoms with Crippen molar-refractivity contribution in [2.45, 2.75) is 6.42 Å². The Morgan fingerprint density at radius 2 is 1.34 bits per heavy atom. The normalized spacial score (nSPS) is 14.1. The fraction of sp³-hybridized carbons (Fsp3) is 0.176. The van der Waals surface area contributed by atoms with Gasteiger partial charge in [-0.1, -0.05) is 6.07 Å². The van der Waals surface area contributed by atoms with Crippen molar-refractivity contribution in [2.24, 2.45) is 5.92 Å². The van der Waals surface area contributed by atoms with E-state index >= 15 is 0 Å². The van der Waals surface area contributed by atoms with E-state index in [-0.39, 0.29) is 30.2 Å². The minimum atomic E-state index is -0.705. The second-order valence-electron chi connectivity index (χ2n) is 9.85. The molecule has 0 unspecified atom stereocenters. The maximum absolute atomic E-state index is 12.7. The molecule has 1 saturated heterocycles. The van der Waals surface area contributed by atoms with E-state index in [1.165, 1.54) is 36.3 Å². The molecule has 10 nitrogen and oxygen atoms in total. The van der Waals surface area contributed by atoms with E-state index in [0.29, 0.717) is 28.5 Å². The quantitative estimate of drug-likeness (QED) is 0.126. The van der Waals surface area contributed by atoms with E-state index in [9.17, 15) is 19.2 Å². The van der Waals surface area contributed by atoms with Crippen LogP contribution in [-0.2, 0) is 14.3 Å². The van der Waals surface area contributed by atoms with Gasteiger partial charge in [0, 0.05) is 24.2 Å². The third-order valence-corrected chi connectivity index (χ3v) is 6.94. The molecule has 1 heterocycles. The van der Waals surface area contributed by atoms with Crippen molar-refractivity contribution in [3.63, 3.8) is 0 Å². The first-order valence-corrected chi connectivity index (χ1v) is 13.7. The monoisotopic (exact) mass is 595 g/mol. The van der Waals surface area contributed by atoms with Crippen LogP contribution in [0, 0.1) is 5.92 Å². The van der Waals surface area contributed by atoms with Crippen LogP contribution in [0.3, 0.4) is 0 Å². The SMILES string of the molecule is COc1ccc(Oc2ccc(N3C[C@H](C(=O)OCC(=O)c4ccc(OC(=O)c5cccc(OC)c5)cc4)CC3=O)cc2)cc1. The number of Topliss-reactive ketones (excluding diaryl/α,β-unsaturated/α-hetero) is 1. The highest BCUT2D eigenvalue weighted by Crippen LogP contribution is 2.30. The van der Waals surface area contributed by atoms with Crippen molar-refractivity contribution in [1.29, 1.82) is 0 Å². The molecule has 1 aliphatic heterocycles. The summed E-state index contributed by atoms with van der Waals surface area (Å²) in [5.74, 6) is 0.152. The standard InChI is InChI=1S/C34H29NO9/c1-40-26-14-16-28(17-15-26)43-27-12-8-25(9-13-27)35-20-24(19-32(35)37)33(38)42-21-31(36)22-6-10-29(11-7-22)44-34(39)23-4-3-5-30(18-23)41-2/h3-18,24H,19-21H2,1-2H3/t24-/m1/s1. The van der Waals surface area contributed by atoms with Crippen molar-refractivity contribution in [3.05, 3.63) is 108 Å². The van der Waals surface area contributed by atoms with Gasteiger partial charge in [-0.25, -0.2) is 4.79 Å². The lowest BCUT2D eigenvalue weighted by Crippen LogP contribution is -2.27. The Balaban J connectivity index is 1.10. The van der Waals surface area contributed by atoms with E-state index in [4.69, 9.17) is 23.7 Å². The number of ketones is 1. The lowest BCUT2D eigenvalue weighted by molar-refractivity contribution is -0.147. The number of nitrogens with zero attached hydrogens (tertiary/aromatic N) is 1. The van der Waals surface area contributed by atoms with Gasteiger partial charge in [0.1, 0.15) is 28.7 Å². The Hall–Kier alpha value is -5.64. The van der Waals surface area contributed by atoms with Gasteiger partial charge >= 0.3 is 11.9 Å². The summed E-state index contributed by atoms with van der Waals surface area (Å²) in [7, 11) is 3.09. The van der Waals surface area contributed by atoms with Gasteiger partial charge in [0.15, 0.2) is 12.4 Å². The minimum absolute atomic E-state index is 0.0233. The summed E-state index contributed by atoms with van der Waals surface area (Å²) in [5.41, 5.74) is 1.21. The van der Waals surface area contributed by atoms with Gasteiger partial charge in [-0.3, -0.25) is 14.4 Å². The molecule has 4 aromatic carbocycles. The molecule has 5 rings (SSSR count). The van der Waals surface area contributed by atoms with Crippen LogP contribution < -0.4 is 23.8 Å². The Labute approximate surface area is 253 Å². The van der Waals surface area contributed by atoms with E-state index in [0.717, 1.165) is 5.75 Å². The number of amides is 1. The Kier molecular flexibility index (Phi) is 9.19. The molecule has 0 aliphatic carbocycles. The summed E-state index contributed by atoms with van der Waals surface area (Å²) in [6.45, 7) is -0.345. The zero-order valence-electron chi connectivity index (χ0n) is 24.1. The highest BCUT2D eigenvalue weighted by Gasteiger charge is 2.36. The molecule has 224 valence electrons. The molecule has 4 aromatic rings. The summed E-state index contributed by atoms with van der Waals surface area (Å²) < 4.78 is 26.7. The fourth-order valence-corrected chi connectivity index (χ4v) is 4.55. The van der Waals surface area contributed by atoms with Crippen LogP contribution in [0.1, 0.15) is 27.1 Å². The fourth-order valence-electron chi connectivity index (χ4n) is 4.55. The van der Waals surface area contributed by atoms with Crippen LogP contribution >= 0.6 is 0 Å². The van der Waals surface area contributed by atoms with Crippen LogP contribution in [0.4, 0.5) is 5.69 Å². The van der Waals surface area contributed by atoms with Gasteiger partial charge in [0.2, 0.25) is 5.91 Å². The molecule has 1 aliphatic rings. The Morgan fingerprint density at radius 3 is 2.00 bits per heavy atom. The van der Waals surface area contributed by atoms with Crippen molar-refractivity contribution in [3.8, 4) is 28.7 Å². The van der Waals surface area contributed by atoms with Gasteiger partial charge in [-0.15, -0.1) is 0 Å². The maximum Gasteiger partial charge on any atom is 0.343 e. The lowest BCUT2D eigenvalue weighted by Gasteiger charge is -2.17. The number of anilines is 1. The van der Waals surface area contributed by atoms with Gasteiger partial charge in [-0.05, 0) is 91.0 Å². The predicted octanol–water partition coefficient (Wildman–Crippen LogP) is 5.49. The van der Waals surface area contributed by atoms with Gasteiger partial charge < -0.3 is 28.6 Å². The first kappa shape index (κ1) is 29.8. The van der Waals surface area contributed by atoms with Crippen LogP contribution in [0.2, 0.25) is 0 Å². The average Bonchev–Trinajstić information content (AvgIpc) is 3.46. The van der Waals surface area contributed by atoms with E-state index in [1.807, 2.05) is 0 Å². The van der Waals surface area contributed by atoms with E-state index < -0.39 is 30.2 Å². The van der Waals surface area contributed by atoms with Crippen molar-refractivity contribution < 1.29 is 42.9 Å². The Morgan fingerprint density at radius 1 is 0.727 bits per heavy atom. The number of benzene rings is 4. The molecule has 0 bridgehead atoms. The molecule has 1 amide bonds. The van der Waals surface area contributed by atoms with Gasteiger partial charge in [0.25, 0.3) is 0 Å². The topological polar surface area (TPSA) is 118 Å². The highest BCUT2D eigenvalue weighted by molar-refractivity contribution is 6.01. The average molecular weight is 596 g/mol. The summed E-state index contributed by atoms with van der Waals surface area (Å²) in [6.07, 6.45) is -0.0233. The molecular formula is C34H29NO9. The molecule has 0 N–H and O–H groups in total. The van der Waals surface area contributed by atoms with Gasteiger partial charge in [-0.2, -0.15) is 0 Å². The number of esters is 2. The van der Waals surface area contributed by atoms with Crippen molar-refractivity contribution in [1.82, 2.24) is 0 Å². The number of hydrogen-bond acceptors (Lipinski definition) is 9. The van der Waals surface area contributed by atoms with E-state index in [1.54, 1.807) is 79.9 Å². The first-order valence-electron chi connectivity index (χ1n) is 13.7. The van der Waals surface area contributed by atoms with Gasteiger partial charge in [0.05, 0.1) is 25.7 Å². The molecule has 1 atom stereocenters. The number of rotatable bonds is 11. The van der Waals surface area contributed by atoms with Crippen LogP contribution in [0.5, 0.6) is 28.7 Å². The number of ether oxygens (including phenoxy) is 5. The molecule has 0 radical (unpaired) electrons. The summed E-state index contributed by atoms with van der Waals surface area (Å²) in [6, 6.07) is 26.6. The third kappa shape index (κ3) is 7.22. The van der Waals surface area contributed by atoms with Crippen LogP contribution in [-0.4, -0.2) is 51.0 Å². The largest absolute Gasteiger partial charge is 0.497 e. The summed E-state index contributed by atoms with van der Waals surface area (Å²) in [4.78, 5) is 51.9. The highest BCUT2D eigenvalue weighted by atomic mass is 16.5. The number of carbonyl (C=O) groups is 4. The summed E-state index contributed by atoms with van der Waals surface area (Å²) in [5, 5.41) is 0. The minimum Gasteiger partial charge on any atom is -0.497 e. The van der Waals surface area contributed by atoms with E-state index in [2.05, 4.69) is 0 Å². The second kappa shape index (κ2) is 13.6. The third-order valence-electron chi connectivity index (χ3n) is 6.94. The molecule has 1 fully saturated rings. The first-order chi connectivity index (χ1) is 21.3. The number of hydrogen-bond donors (Lipinski definition) is 0. The zero-order chi connectivity index (χ0) is 31.1. The van der Waals surface area contributed by atoms with Crippen LogP contribution in [0.15, 0.2) is 97.1 Å². The molecular weight excluding hydrogens is 566 g/mol. The molecule has 10 heteroatoms. The molecule has 0 saturated carbocycles. The zero-order valence-corrected chi connectivity index (χ0v) is 24.1. The maximum atomic E-state index is 12.7. The lowest BCUT2D eigenvalue weighted by atomic mass is 10.1.